The summed E-state index contributed by atoms with van der Waals surface area (Å²) in [6.45, 7) is 4.39. The van der Waals surface area contributed by atoms with Crippen LogP contribution >= 0.6 is 0 Å². The van der Waals surface area contributed by atoms with Crippen LogP contribution in [0.1, 0.15) is 35.8 Å². The highest BCUT2D eigenvalue weighted by Crippen LogP contribution is 2.19. The van der Waals surface area contributed by atoms with Gasteiger partial charge in [-0.3, -0.25) is 4.79 Å². The molecule has 0 fully saturated rings. The van der Waals surface area contributed by atoms with Crippen LogP contribution in [0.25, 0.3) is 0 Å². The fourth-order valence-electron chi connectivity index (χ4n) is 2.43. The average Bonchev–Trinajstić information content (AvgIpc) is 2.59. The van der Waals surface area contributed by atoms with Crippen molar-refractivity contribution < 1.29 is 15.0 Å². The summed E-state index contributed by atoms with van der Waals surface area (Å²) in [5.41, 5.74) is 2.43. The summed E-state index contributed by atoms with van der Waals surface area (Å²) in [7, 11) is 0. The molecule has 0 aliphatic rings. The molecule has 4 heteroatoms. The molecule has 2 unspecified atom stereocenters. The van der Waals surface area contributed by atoms with Crippen molar-refractivity contribution in [2.24, 2.45) is 0 Å². The molecule has 0 aliphatic carbocycles. The van der Waals surface area contributed by atoms with E-state index in [4.69, 9.17) is 0 Å². The Hall–Kier alpha value is -2.17. The number of rotatable bonds is 6. The average molecular weight is 313 g/mol. The molecule has 0 spiro atoms. The third-order valence-electron chi connectivity index (χ3n) is 3.90. The van der Waals surface area contributed by atoms with E-state index >= 15 is 0 Å². The fraction of sp³-hybridized carbons (Fsp3) is 0.316. The molecule has 1 amide bonds. The van der Waals surface area contributed by atoms with Crippen LogP contribution in [0.4, 0.5) is 0 Å². The molecule has 0 bridgehead atoms. The highest BCUT2D eigenvalue weighted by atomic mass is 16.3. The summed E-state index contributed by atoms with van der Waals surface area (Å²) in [5.74, 6) is -0.398. The first-order valence-electron chi connectivity index (χ1n) is 7.79. The third-order valence-corrected chi connectivity index (χ3v) is 3.90. The van der Waals surface area contributed by atoms with Crippen LogP contribution in [0.3, 0.4) is 0 Å². The van der Waals surface area contributed by atoms with E-state index in [1.54, 1.807) is 24.3 Å². The molecule has 122 valence electrons. The lowest BCUT2D eigenvalue weighted by Gasteiger charge is -2.26. The van der Waals surface area contributed by atoms with E-state index in [1.807, 2.05) is 44.2 Å². The number of aliphatic hydroxyl groups excluding tert-OH is 2. The molecule has 0 aromatic heterocycles. The van der Waals surface area contributed by atoms with Crippen LogP contribution in [-0.4, -0.2) is 34.1 Å². The summed E-state index contributed by atoms with van der Waals surface area (Å²) in [6, 6.07) is 16.4. The second-order valence-corrected chi connectivity index (χ2v) is 5.62. The van der Waals surface area contributed by atoms with Crippen LogP contribution in [0.15, 0.2) is 54.6 Å². The molecule has 2 aromatic carbocycles. The fourth-order valence-corrected chi connectivity index (χ4v) is 2.43. The standard InChI is InChI=1S/C19H23NO3/c1-3-20(13-17(21)15-11-9-14(2)10-12-15)19(23)18(22)16-7-5-4-6-8-16/h4-12,17-18,21-22H,3,13H2,1-2H3. The molecule has 0 aliphatic heterocycles. The minimum absolute atomic E-state index is 0.155. The van der Waals surface area contributed by atoms with Crippen LogP contribution in [0, 0.1) is 6.92 Å². The van der Waals surface area contributed by atoms with Gasteiger partial charge < -0.3 is 15.1 Å². The molecule has 0 heterocycles. The van der Waals surface area contributed by atoms with E-state index < -0.39 is 18.1 Å². The van der Waals surface area contributed by atoms with Gasteiger partial charge >= 0.3 is 0 Å². The lowest BCUT2D eigenvalue weighted by Crippen LogP contribution is -2.38. The van der Waals surface area contributed by atoms with E-state index in [1.165, 1.54) is 4.90 Å². The minimum atomic E-state index is -1.21. The number of aryl methyl sites for hydroxylation is 1. The van der Waals surface area contributed by atoms with Crippen molar-refractivity contribution in [2.45, 2.75) is 26.1 Å². The van der Waals surface area contributed by atoms with Gasteiger partial charge in [-0.05, 0) is 25.0 Å². The van der Waals surface area contributed by atoms with Gasteiger partial charge in [-0.1, -0.05) is 60.2 Å². The Kier molecular flexibility index (Phi) is 5.90. The Labute approximate surface area is 137 Å². The number of hydrogen-bond acceptors (Lipinski definition) is 3. The molecule has 2 atom stereocenters. The summed E-state index contributed by atoms with van der Waals surface area (Å²) in [4.78, 5) is 13.9. The van der Waals surface area contributed by atoms with Gasteiger partial charge in [0.1, 0.15) is 0 Å². The Morgan fingerprint density at radius 2 is 1.61 bits per heavy atom. The molecule has 0 saturated heterocycles. The summed E-state index contributed by atoms with van der Waals surface area (Å²) < 4.78 is 0. The zero-order chi connectivity index (χ0) is 16.8. The van der Waals surface area contributed by atoms with Crippen molar-refractivity contribution in [1.29, 1.82) is 0 Å². The largest absolute Gasteiger partial charge is 0.387 e. The van der Waals surface area contributed by atoms with Crippen molar-refractivity contribution in [3.05, 3.63) is 71.3 Å². The lowest BCUT2D eigenvalue weighted by molar-refractivity contribution is -0.141. The van der Waals surface area contributed by atoms with E-state index in [9.17, 15) is 15.0 Å². The second-order valence-electron chi connectivity index (χ2n) is 5.62. The van der Waals surface area contributed by atoms with Gasteiger partial charge in [-0.15, -0.1) is 0 Å². The Morgan fingerprint density at radius 1 is 1.00 bits per heavy atom. The van der Waals surface area contributed by atoms with Gasteiger partial charge in [0.15, 0.2) is 6.10 Å². The Bertz CT molecular complexity index is 625. The first-order valence-corrected chi connectivity index (χ1v) is 7.79. The van der Waals surface area contributed by atoms with Gasteiger partial charge in [0.2, 0.25) is 0 Å². The molecule has 2 N–H and O–H groups in total. The molecule has 0 saturated carbocycles. The van der Waals surface area contributed by atoms with E-state index in [2.05, 4.69) is 0 Å². The zero-order valence-electron chi connectivity index (χ0n) is 13.5. The first-order chi connectivity index (χ1) is 11.0. The number of carbonyl (C=O) groups is 1. The predicted octanol–water partition coefficient (Wildman–Crippen LogP) is 2.61. The number of aliphatic hydroxyl groups is 2. The number of amides is 1. The summed E-state index contributed by atoms with van der Waals surface area (Å²) >= 11 is 0. The SMILES string of the molecule is CCN(CC(O)c1ccc(C)cc1)C(=O)C(O)c1ccccc1. The maximum absolute atomic E-state index is 12.5. The maximum atomic E-state index is 12.5. The van der Waals surface area contributed by atoms with Crippen molar-refractivity contribution >= 4 is 5.91 Å². The van der Waals surface area contributed by atoms with Crippen molar-refractivity contribution in [2.75, 3.05) is 13.1 Å². The quantitative estimate of drug-likeness (QED) is 0.862. The molecule has 2 aromatic rings. The summed E-state index contributed by atoms with van der Waals surface area (Å²) in [6.07, 6.45) is -1.98. The monoisotopic (exact) mass is 313 g/mol. The van der Waals surface area contributed by atoms with Gasteiger partial charge in [-0.2, -0.15) is 0 Å². The lowest BCUT2D eigenvalue weighted by atomic mass is 10.1. The number of carbonyl (C=O) groups excluding carboxylic acids is 1. The van der Waals surface area contributed by atoms with Crippen LogP contribution in [-0.2, 0) is 4.79 Å². The second kappa shape index (κ2) is 7.90. The van der Waals surface area contributed by atoms with Crippen molar-refractivity contribution in [1.82, 2.24) is 4.90 Å². The number of likely N-dealkylation sites (N-methyl/N-ethyl adjacent to an activating group) is 1. The molecular formula is C19H23NO3. The normalized spacial score (nSPS) is 13.4. The van der Waals surface area contributed by atoms with Gasteiger partial charge in [0.05, 0.1) is 12.6 Å². The van der Waals surface area contributed by atoms with Gasteiger partial charge in [-0.25, -0.2) is 0 Å². The van der Waals surface area contributed by atoms with Crippen LogP contribution in [0.5, 0.6) is 0 Å². The van der Waals surface area contributed by atoms with Crippen LogP contribution < -0.4 is 0 Å². The molecular weight excluding hydrogens is 290 g/mol. The van der Waals surface area contributed by atoms with E-state index in [0.717, 1.165) is 11.1 Å². The Balaban J connectivity index is 2.06. The summed E-state index contributed by atoms with van der Waals surface area (Å²) in [5, 5.41) is 20.6. The topological polar surface area (TPSA) is 60.8 Å². The highest BCUT2D eigenvalue weighted by molar-refractivity contribution is 5.82. The maximum Gasteiger partial charge on any atom is 0.256 e. The zero-order valence-corrected chi connectivity index (χ0v) is 13.5. The number of benzene rings is 2. The van der Waals surface area contributed by atoms with Crippen molar-refractivity contribution in [3.8, 4) is 0 Å². The van der Waals surface area contributed by atoms with E-state index in [-0.39, 0.29) is 6.54 Å². The number of hydrogen-bond donors (Lipinski definition) is 2. The van der Waals surface area contributed by atoms with Crippen molar-refractivity contribution in [3.63, 3.8) is 0 Å². The predicted molar refractivity (Wildman–Crippen MR) is 89.8 cm³/mol. The molecule has 2 rings (SSSR count). The third kappa shape index (κ3) is 4.41. The number of nitrogens with zero attached hydrogens (tertiary/aromatic N) is 1. The molecule has 23 heavy (non-hydrogen) atoms. The first kappa shape index (κ1) is 17.2. The smallest absolute Gasteiger partial charge is 0.256 e. The van der Waals surface area contributed by atoms with Crippen LogP contribution in [0.2, 0.25) is 0 Å². The molecule has 4 nitrogen and oxygen atoms in total. The highest BCUT2D eigenvalue weighted by Gasteiger charge is 2.24. The Morgan fingerprint density at radius 3 is 2.17 bits per heavy atom. The minimum Gasteiger partial charge on any atom is -0.387 e. The van der Waals surface area contributed by atoms with Gasteiger partial charge in [0.25, 0.3) is 5.91 Å². The molecule has 0 radical (unpaired) electrons. The van der Waals surface area contributed by atoms with E-state index in [0.29, 0.717) is 12.1 Å². The van der Waals surface area contributed by atoms with Gasteiger partial charge in [0, 0.05) is 6.54 Å².